The summed E-state index contributed by atoms with van der Waals surface area (Å²) >= 11 is 0. The molecule has 1 heterocycles. The molecule has 0 spiro atoms. The van der Waals surface area contributed by atoms with Crippen LogP contribution in [-0.4, -0.2) is 17.1 Å². The first kappa shape index (κ1) is 21.0. The summed E-state index contributed by atoms with van der Waals surface area (Å²) in [6.45, 7) is 8.79. The van der Waals surface area contributed by atoms with Crippen molar-refractivity contribution in [2.75, 3.05) is 6.54 Å². The maximum Gasteiger partial charge on any atom is 0.124 e. The molecule has 152 valence electrons. The Hall–Kier alpha value is -2.69. The highest BCUT2D eigenvalue weighted by Crippen LogP contribution is 2.20. The molecule has 4 nitrogen and oxygen atoms in total. The van der Waals surface area contributed by atoms with Crippen LogP contribution in [-0.2, 0) is 13.2 Å². The van der Waals surface area contributed by atoms with Crippen molar-refractivity contribution in [2.45, 2.75) is 45.5 Å². The summed E-state index contributed by atoms with van der Waals surface area (Å²) in [5, 5.41) is 7.30. The Morgan fingerprint density at radius 1 is 0.966 bits per heavy atom. The second kappa shape index (κ2) is 10.2. The van der Waals surface area contributed by atoms with Gasteiger partial charge in [-0.1, -0.05) is 54.6 Å². The molecular weight excluding hydrogens is 358 g/mol. The van der Waals surface area contributed by atoms with E-state index in [1.807, 2.05) is 30.5 Å². The van der Waals surface area contributed by atoms with Crippen LogP contribution in [0.1, 0.15) is 43.5 Å². The molecule has 0 aliphatic carbocycles. The Morgan fingerprint density at radius 2 is 1.72 bits per heavy atom. The number of nitrogens with one attached hydrogen (secondary N) is 2. The molecule has 2 N–H and O–H groups in total. The van der Waals surface area contributed by atoms with Crippen molar-refractivity contribution in [3.63, 3.8) is 0 Å². The van der Waals surface area contributed by atoms with E-state index in [-0.39, 0.29) is 5.54 Å². The van der Waals surface area contributed by atoms with E-state index < -0.39 is 0 Å². The first-order valence-electron chi connectivity index (χ1n) is 10.2. The third kappa shape index (κ3) is 6.70. The molecular formula is C25H31N3O. The van der Waals surface area contributed by atoms with Gasteiger partial charge in [0.2, 0.25) is 0 Å². The molecule has 3 aromatic rings. The zero-order valence-electron chi connectivity index (χ0n) is 17.6. The highest BCUT2D eigenvalue weighted by molar-refractivity contribution is 5.33. The fourth-order valence-electron chi connectivity index (χ4n) is 3.41. The highest BCUT2D eigenvalue weighted by atomic mass is 16.5. The van der Waals surface area contributed by atoms with Gasteiger partial charge in [-0.2, -0.15) is 0 Å². The summed E-state index contributed by atoms with van der Waals surface area (Å²) in [6, 6.07) is 23.0. The number of aromatic nitrogens is 1. The van der Waals surface area contributed by atoms with Crippen molar-refractivity contribution in [1.29, 1.82) is 0 Å². The molecule has 29 heavy (non-hydrogen) atoms. The minimum atomic E-state index is -0.0409. The lowest BCUT2D eigenvalue weighted by molar-refractivity contribution is 0.299. The number of hydrogen-bond donors (Lipinski definition) is 2. The minimum absolute atomic E-state index is 0.0409. The van der Waals surface area contributed by atoms with Gasteiger partial charge in [-0.3, -0.25) is 4.98 Å². The molecule has 0 aliphatic rings. The zero-order valence-corrected chi connectivity index (χ0v) is 17.6. The normalized spacial score (nSPS) is 12.5. The van der Waals surface area contributed by atoms with E-state index in [9.17, 15) is 0 Å². The van der Waals surface area contributed by atoms with Gasteiger partial charge in [0.15, 0.2) is 0 Å². The molecule has 0 bridgehead atoms. The lowest BCUT2D eigenvalue weighted by Gasteiger charge is -2.31. The second-order valence-corrected chi connectivity index (χ2v) is 8.02. The number of rotatable bonds is 10. The van der Waals surface area contributed by atoms with Crippen LogP contribution in [0.2, 0.25) is 0 Å². The summed E-state index contributed by atoms with van der Waals surface area (Å²) in [5.74, 6) is 0.910. The van der Waals surface area contributed by atoms with Crippen molar-refractivity contribution < 1.29 is 4.74 Å². The summed E-state index contributed by atoms with van der Waals surface area (Å²) in [7, 11) is 0. The van der Waals surface area contributed by atoms with E-state index in [4.69, 9.17) is 4.74 Å². The summed E-state index contributed by atoms with van der Waals surface area (Å²) in [5.41, 5.74) is 3.48. The molecule has 1 atom stereocenters. The average molecular weight is 390 g/mol. The average Bonchev–Trinajstić information content (AvgIpc) is 2.74. The van der Waals surface area contributed by atoms with Crippen LogP contribution in [0.3, 0.4) is 0 Å². The number of pyridine rings is 1. The predicted octanol–water partition coefficient (Wildman–Crippen LogP) is 4.88. The van der Waals surface area contributed by atoms with Crippen LogP contribution >= 0.6 is 0 Å². The third-order valence-electron chi connectivity index (χ3n) is 4.88. The molecule has 2 aromatic carbocycles. The van der Waals surface area contributed by atoms with Gasteiger partial charge in [0, 0.05) is 48.2 Å². The third-order valence-corrected chi connectivity index (χ3v) is 4.88. The van der Waals surface area contributed by atoms with Crippen molar-refractivity contribution in [2.24, 2.45) is 0 Å². The highest BCUT2D eigenvalue weighted by Gasteiger charge is 2.20. The van der Waals surface area contributed by atoms with Crippen LogP contribution in [0.4, 0.5) is 0 Å². The molecule has 0 radical (unpaired) electrons. The summed E-state index contributed by atoms with van der Waals surface area (Å²) in [6.07, 6.45) is 3.61. The van der Waals surface area contributed by atoms with Crippen molar-refractivity contribution >= 4 is 0 Å². The molecule has 0 saturated carbocycles. The van der Waals surface area contributed by atoms with E-state index in [0.717, 1.165) is 30.0 Å². The number of para-hydroxylation sites is 1. The van der Waals surface area contributed by atoms with E-state index in [1.165, 1.54) is 5.56 Å². The first-order chi connectivity index (χ1) is 14.0. The van der Waals surface area contributed by atoms with Gasteiger partial charge in [0.05, 0.1) is 0 Å². The van der Waals surface area contributed by atoms with Gasteiger partial charge < -0.3 is 15.4 Å². The maximum atomic E-state index is 6.03. The van der Waals surface area contributed by atoms with Gasteiger partial charge in [0.1, 0.15) is 12.4 Å². The fourth-order valence-corrected chi connectivity index (χ4v) is 3.41. The van der Waals surface area contributed by atoms with Gasteiger partial charge in [-0.15, -0.1) is 0 Å². The van der Waals surface area contributed by atoms with E-state index in [1.54, 1.807) is 6.20 Å². The number of benzene rings is 2. The number of hydrogen-bond acceptors (Lipinski definition) is 4. The molecule has 1 unspecified atom stereocenters. The van der Waals surface area contributed by atoms with E-state index in [2.05, 4.69) is 78.9 Å². The minimum Gasteiger partial charge on any atom is -0.489 e. The van der Waals surface area contributed by atoms with Crippen molar-refractivity contribution in [3.05, 3.63) is 95.8 Å². The topological polar surface area (TPSA) is 46.2 Å². The molecule has 0 amide bonds. The lowest BCUT2D eigenvalue weighted by atomic mass is 10.0. The Morgan fingerprint density at radius 3 is 2.48 bits per heavy atom. The Kier molecular flexibility index (Phi) is 7.39. The summed E-state index contributed by atoms with van der Waals surface area (Å²) in [4.78, 5) is 4.14. The molecule has 4 heteroatoms. The monoisotopic (exact) mass is 389 g/mol. The van der Waals surface area contributed by atoms with Crippen LogP contribution in [0, 0.1) is 0 Å². The van der Waals surface area contributed by atoms with Crippen molar-refractivity contribution in [3.8, 4) is 5.75 Å². The van der Waals surface area contributed by atoms with Crippen LogP contribution in [0.15, 0.2) is 79.1 Å². The Bertz CT molecular complexity index is 866. The molecule has 3 rings (SSSR count). The molecule has 1 aromatic heterocycles. The Balaban J connectivity index is 1.52. The van der Waals surface area contributed by atoms with Gasteiger partial charge in [0.25, 0.3) is 0 Å². The molecule has 0 saturated heterocycles. The lowest BCUT2D eigenvalue weighted by Crippen LogP contribution is -2.48. The maximum absolute atomic E-state index is 6.03. The first-order valence-corrected chi connectivity index (χ1v) is 10.2. The number of nitrogens with zero attached hydrogens (tertiary/aromatic N) is 1. The largest absolute Gasteiger partial charge is 0.489 e. The predicted molar refractivity (Wildman–Crippen MR) is 119 cm³/mol. The zero-order chi connectivity index (χ0) is 20.5. The second-order valence-electron chi connectivity index (χ2n) is 8.02. The Labute approximate surface area is 174 Å². The SMILES string of the molecule is CC(NC(C)(C)CNCc1ccccc1OCc1cccnc1)c1ccccc1. The van der Waals surface area contributed by atoms with Gasteiger partial charge >= 0.3 is 0 Å². The summed E-state index contributed by atoms with van der Waals surface area (Å²) < 4.78 is 6.03. The smallest absolute Gasteiger partial charge is 0.124 e. The van der Waals surface area contributed by atoms with Crippen LogP contribution in [0.5, 0.6) is 5.75 Å². The quantitative estimate of drug-likeness (QED) is 0.519. The van der Waals surface area contributed by atoms with Crippen LogP contribution < -0.4 is 15.4 Å². The van der Waals surface area contributed by atoms with Crippen molar-refractivity contribution in [1.82, 2.24) is 15.6 Å². The van der Waals surface area contributed by atoms with Gasteiger partial charge in [-0.05, 0) is 38.5 Å². The van der Waals surface area contributed by atoms with Gasteiger partial charge in [-0.25, -0.2) is 0 Å². The molecule has 0 fully saturated rings. The number of ether oxygens (including phenoxy) is 1. The standard InChI is InChI=1S/C25H31N3O/c1-20(22-11-5-4-6-12-22)28-25(2,3)19-27-17-23-13-7-8-14-24(23)29-18-21-10-9-15-26-16-21/h4-16,20,27-28H,17-19H2,1-3H3. The fraction of sp³-hybridized carbons (Fsp3) is 0.320. The molecule has 0 aliphatic heterocycles. The van der Waals surface area contributed by atoms with E-state index >= 15 is 0 Å². The van der Waals surface area contributed by atoms with Crippen LogP contribution in [0.25, 0.3) is 0 Å². The van der Waals surface area contributed by atoms with E-state index in [0.29, 0.717) is 12.6 Å².